The van der Waals surface area contributed by atoms with E-state index in [9.17, 15) is 18.8 Å². The van der Waals surface area contributed by atoms with E-state index in [0.717, 1.165) is 17.1 Å². The SMILES string of the molecule is CC(C)C(=C1SC(=O)NC1=O)c1ccc(-c2ccc3cccc(F)c3c2)[nH]c1=O. The van der Waals surface area contributed by atoms with Crippen molar-refractivity contribution in [1.82, 2.24) is 10.3 Å². The second-order valence-electron chi connectivity index (χ2n) is 7.03. The third-order valence-electron chi connectivity index (χ3n) is 4.78. The lowest BCUT2D eigenvalue weighted by Gasteiger charge is -2.14. The minimum atomic E-state index is -0.489. The van der Waals surface area contributed by atoms with Crippen molar-refractivity contribution in [3.05, 3.63) is 75.2 Å². The number of fused-ring (bicyclic) bond motifs is 1. The number of aromatic amines is 1. The number of carbonyl (C=O) groups excluding carboxylic acids is 2. The molecule has 3 aromatic rings. The average molecular weight is 408 g/mol. The Morgan fingerprint density at radius 2 is 1.83 bits per heavy atom. The minimum Gasteiger partial charge on any atom is -0.321 e. The van der Waals surface area contributed by atoms with Crippen LogP contribution in [0.25, 0.3) is 27.6 Å². The van der Waals surface area contributed by atoms with Gasteiger partial charge in [-0.1, -0.05) is 38.1 Å². The van der Waals surface area contributed by atoms with Gasteiger partial charge in [0.15, 0.2) is 0 Å². The highest BCUT2D eigenvalue weighted by Crippen LogP contribution is 2.35. The molecule has 0 unspecified atom stereocenters. The van der Waals surface area contributed by atoms with Crippen LogP contribution in [0.5, 0.6) is 0 Å². The van der Waals surface area contributed by atoms with E-state index in [1.807, 2.05) is 26.0 Å². The van der Waals surface area contributed by atoms with Gasteiger partial charge in [-0.15, -0.1) is 0 Å². The molecule has 0 aliphatic carbocycles. The molecule has 0 bridgehead atoms. The molecule has 2 aromatic carbocycles. The molecule has 1 aliphatic heterocycles. The summed E-state index contributed by atoms with van der Waals surface area (Å²) in [6.07, 6.45) is 0. The first-order chi connectivity index (χ1) is 13.8. The van der Waals surface area contributed by atoms with Crippen LogP contribution in [0.2, 0.25) is 0 Å². The largest absolute Gasteiger partial charge is 0.321 e. The van der Waals surface area contributed by atoms with Crippen LogP contribution >= 0.6 is 11.8 Å². The summed E-state index contributed by atoms with van der Waals surface area (Å²) < 4.78 is 14.1. The quantitative estimate of drug-likeness (QED) is 0.617. The molecule has 1 fully saturated rings. The van der Waals surface area contributed by atoms with Crippen LogP contribution in [0.3, 0.4) is 0 Å². The first-order valence-electron chi connectivity index (χ1n) is 9.05. The van der Waals surface area contributed by atoms with Crippen LogP contribution in [-0.4, -0.2) is 16.1 Å². The van der Waals surface area contributed by atoms with Gasteiger partial charge in [-0.3, -0.25) is 19.7 Å². The lowest BCUT2D eigenvalue weighted by Crippen LogP contribution is -2.20. The van der Waals surface area contributed by atoms with Crippen molar-refractivity contribution in [2.45, 2.75) is 13.8 Å². The number of amides is 2. The van der Waals surface area contributed by atoms with E-state index in [1.54, 1.807) is 30.3 Å². The molecule has 0 radical (unpaired) electrons. The number of hydrogen-bond acceptors (Lipinski definition) is 4. The molecule has 0 atom stereocenters. The summed E-state index contributed by atoms with van der Waals surface area (Å²) in [6.45, 7) is 3.72. The van der Waals surface area contributed by atoms with Gasteiger partial charge in [0, 0.05) is 16.6 Å². The van der Waals surface area contributed by atoms with E-state index >= 15 is 0 Å². The van der Waals surface area contributed by atoms with E-state index in [1.165, 1.54) is 6.07 Å². The van der Waals surface area contributed by atoms with E-state index < -0.39 is 11.1 Å². The minimum absolute atomic E-state index is 0.143. The summed E-state index contributed by atoms with van der Waals surface area (Å²) in [5.41, 5.74) is 1.70. The third kappa shape index (κ3) is 3.49. The highest BCUT2D eigenvalue weighted by Gasteiger charge is 2.31. The Morgan fingerprint density at radius 3 is 2.48 bits per heavy atom. The molecular weight excluding hydrogens is 391 g/mol. The Bertz CT molecular complexity index is 1260. The standard InChI is InChI=1S/C22H17FN2O3S/c1-11(2)18(19-21(27)25-22(28)29-19)14-8-9-17(24-20(14)26)13-7-6-12-4-3-5-16(23)15(12)10-13/h3-11H,1-2H3,(H,24,26)(H,25,27,28). The lowest BCUT2D eigenvalue weighted by molar-refractivity contribution is -0.115. The highest BCUT2D eigenvalue weighted by atomic mass is 32.2. The van der Waals surface area contributed by atoms with E-state index in [0.29, 0.717) is 27.8 Å². The molecule has 1 saturated heterocycles. The smallest absolute Gasteiger partial charge is 0.290 e. The molecule has 2 heterocycles. The maximum absolute atomic E-state index is 14.1. The van der Waals surface area contributed by atoms with Crippen LogP contribution in [0.4, 0.5) is 9.18 Å². The van der Waals surface area contributed by atoms with Crippen LogP contribution in [0, 0.1) is 11.7 Å². The van der Waals surface area contributed by atoms with Gasteiger partial charge < -0.3 is 4.98 Å². The van der Waals surface area contributed by atoms with Crippen LogP contribution < -0.4 is 10.9 Å². The van der Waals surface area contributed by atoms with Gasteiger partial charge in [0.2, 0.25) is 0 Å². The van der Waals surface area contributed by atoms with Gasteiger partial charge in [0.05, 0.1) is 4.91 Å². The van der Waals surface area contributed by atoms with Crippen LogP contribution in [0.15, 0.2) is 58.2 Å². The number of aromatic nitrogens is 1. The Kier molecular flexibility index (Phi) is 4.84. The summed E-state index contributed by atoms with van der Waals surface area (Å²) in [4.78, 5) is 39.6. The van der Waals surface area contributed by atoms with Gasteiger partial charge in [0.25, 0.3) is 16.7 Å². The molecule has 29 heavy (non-hydrogen) atoms. The van der Waals surface area contributed by atoms with Crippen molar-refractivity contribution in [3.8, 4) is 11.3 Å². The fourth-order valence-electron chi connectivity index (χ4n) is 3.44. The molecule has 1 aromatic heterocycles. The number of imide groups is 1. The van der Waals surface area contributed by atoms with Crippen molar-refractivity contribution in [2.24, 2.45) is 5.92 Å². The maximum atomic E-state index is 14.1. The number of hydrogen-bond donors (Lipinski definition) is 2. The van der Waals surface area contributed by atoms with Gasteiger partial charge >= 0.3 is 0 Å². The summed E-state index contributed by atoms with van der Waals surface area (Å²) >= 11 is 0.803. The van der Waals surface area contributed by atoms with E-state index in [2.05, 4.69) is 10.3 Å². The van der Waals surface area contributed by atoms with Crippen molar-refractivity contribution in [1.29, 1.82) is 0 Å². The van der Waals surface area contributed by atoms with Gasteiger partial charge in [-0.25, -0.2) is 4.39 Å². The number of pyridine rings is 1. The number of thioether (sulfide) groups is 1. The monoisotopic (exact) mass is 408 g/mol. The van der Waals surface area contributed by atoms with Crippen molar-refractivity contribution in [2.75, 3.05) is 0 Å². The zero-order chi connectivity index (χ0) is 20.7. The summed E-state index contributed by atoms with van der Waals surface area (Å²) in [5.74, 6) is -0.961. The maximum Gasteiger partial charge on any atom is 0.290 e. The molecule has 0 saturated carbocycles. The molecule has 2 amide bonds. The van der Waals surface area contributed by atoms with E-state index in [-0.39, 0.29) is 22.2 Å². The lowest BCUT2D eigenvalue weighted by atomic mass is 9.95. The highest BCUT2D eigenvalue weighted by molar-refractivity contribution is 8.18. The third-order valence-corrected chi connectivity index (χ3v) is 5.68. The molecule has 4 rings (SSSR count). The first kappa shape index (κ1) is 19.1. The zero-order valence-electron chi connectivity index (χ0n) is 15.7. The summed E-state index contributed by atoms with van der Waals surface area (Å²) in [5, 5.41) is 3.02. The zero-order valence-corrected chi connectivity index (χ0v) is 16.5. The Labute approximate surface area is 170 Å². The second kappa shape index (κ2) is 7.33. The fraction of sp³-hybridized carbons (Fsp3) is 0.136. The Morgan fingerprint density at radius 1 is 1.03 bits per heavy atom. The van der Waals surface area contributed by atoms with Crippen LogP contribution in [0.1, 0.15) is 19.4 Å². The predicted octanol–water partition coefficient (Wildman–Crippen LogP) is 4.68. The predicted molar refractivity (Wildman–Crippen MR) is 113 cm³/mol. The molecule has 1 aliphatic rings. The molecule has 7 heteroatoms. The second-order valence-corrected chi connectivity index (χ2v) is 8.01. The van der Waals surface area contributed by atoms with E-state index in [4.69, 9.17) is 0 Å². The molecule has 5 nitrogen and oxygen atoms in total. The summed E-state index contributed by atoms with van der Waals surface area (Å²) in [6, 6.07) is 13.5. The fourth-order valence-corrected chi connectivity index (χ4v) is 4.37. The number of H-pyrrole nitrogens is 1. The number of benzene rings is 2. The average Bonchev–Trinajstić information content (AvgIpc) is 3.01. The van der Waals surface area contributed by atoms with Crippen LogP contribution in [-0.2, 0) is 4.79 Å². The number of allylic oxidation sites excluding steroid dienone is 1. The Hall–Kier alpha value is -3.19. The van der Waals surface area contributed by atoms with Gasteiger partial charge in [-0.2, -0.15) is 0 Å². The van der Waals surface area contributed by atoms with Crippen molar-refractivity contribution < 1.29 is 14.0 Å². The normalized spacial score (nSPS) is 15.9. The van der Waals surface area contributed by atoms with Gasteiger partial charge in [0.1, 0.15) is 5.82 Å². The number of rotatable bonds is 3. The number of nitrogens with one attached hydrogen (secondary N) is 2. The van der Waals surface area contributed by atoms with Crippen molar-refractivity contribution >= 4 is 39.3 Å². The molecule has 146 valence electrons. The number of halogens is 1. The van der Waals surface area contributed by atoms with Gasteiger partial charge in [-0.05, 0) is 58.5 Å². The summed E-state index contributed by atoms with van der Waals surface area (Å²) in [7, 11) is 0. The molecule has 2 N–H and O–H groups in total. The topological polar surface area (TPSA) is 79.0 Å². The first-order valence-corrected chi connectivity index (χ1v) is 9.86. The Balaban J connectivity index is 1.82. The van der Waals surface area contributed by atoms with Crippen molar-refractivity contribution in [3.63, 3.8) is 0 Å². The number of carbonyl (C=O) groups is 2. The molecular formula is C22H17FN2O3S. The molecule has 0 spiro atoms.